The highest BCUT2D eigenvalue weighted by molar-refractivity contribution is 5.94. The number of nitrogens with zero attached hydrogens (tertiary/aromatic N) is 1. The van der Waals surface area contributed by atoms with E-state index < -0.39 is 12.0 Å². The molecule has 7 nitrogen and oxygen atoms in total. The molecule has 2 atom stereocenters. The van der Waals surface area contributed by atoms with E-state index >= 15 is 0 Å². The Morgan fingerprint density at radius 3 is 2.52 bits per heavy atom. The lowest BCUT2D eigenvalue weighted by atomic mass is 9.89. The number of ether oxygens (including phenoxy) is 1. The predicted molar refractivity (Wildman–Crippen MR) is 111 cm³/mol. The molecule has 1 saturated carbocycles. The summed E-state index contributed by atoms with van der Waals surface area (Å²) in [6.07, 6.45) is 7.69. The van der Waals surface area contributed by atoms with E-state index in [0.29, 0.717) is 24.3 Å². The standard InChI is InChI=1S/C22H33N3O4/c23-21(27)15-29-18-10-8-17(9-11-18)22(28)24-19-14-25(12-4-7-20(19)26)13-16-5-2-1-3-6-16/h8-11,16,19-20,26H,1-7,12-15H2,(H2,23,27)(H,24,28). The van der Waals surface area contributed by atoms with Crippen LogP contribution in [-0.2, 0) is 4.79 Å². The molecule has 1 aromatic rings. The monoisotopic (exact) mass is 403 g/mol. The van der Waals surface area contributed by atoms with Gasteiger partial charge in [0, 0.05) is 18.7 Å². The van der Waals surface area contributed by atoms with Crippen LogP contribution < -0.4 is 15.8 Å². The summed E-state index contributed by atoms with van der Waals surface area (Å²) in [7, 11) is 0. The van der Waals surface area contributed by atoms with E-state index in [2.05, 4.69) is 10.2 Å². The maximum absolute atomic E-state index is 12.7. The van der Waals surface area contributed by atoms with Crippen molar-refractivity contribution in [3.63, 3.8) is 0 Å². The molecule has 0 aromatic heterocycles. The van der Waals surface area contributed by atoms with Gasteiger partial charge in [0.05, 0.1) is 12.1 Å². The van der Waals surface area contributed by atoms with Crippen molar-refractivity contribution in [2.45, 2.75) is 57.1 Å². The second kappa shape index (κ2) is 10.6. The molecule has 4 N–H and O–H groups in total. The van der Waals surface area contributed by atoms with Crippen molar-refractivity contribution in [3.8, 4) is 5.75 Å². The number of benzene rings is 1. The van der Waals surface area contributed by atoms with Crippen molar-refractivity contribution in [1.82, 2.24) is 10.2 Å². The molecule has 1 heterocycles. The summed E-state index contributed by atoms with van der Waals surface area (Å²) in [5, 5.41) is 13.5. The third kappa shape index (κ3) is 6.72. The van der Waals surface area contributed by atoms with Crippen LogP contribution in [0.5, 0.6) is 5.75 Å². The van der Waals surface area contributed by atoms with Crippen molar-refractivity contribution in [2.75, 3.05) is 26.2 Å². The fourth-order valence-electron chi connectivity index (χ4n) is 4.37. The van der Waals surface area contributed by atoms with Crippen molar-refractivity contribution in [1.29, 1.82) is 0 Å². The number of hydrogen-bond acceptors (Lipinski definition) is 5. The second-order valence-corrected chi connectivity index (χ2v) is 8.33. The zero-order valence-electron chi connectivity index (χ0n) is 17.0. The SMILES string of the molecule is NC(=O)COc1ccc(C(=O)NC2CN(CC3CCCCC3)CCCC2O)cc1. The number of likely N-dealkylation sites (tertiary alicyclic amines) is 1. The Balaban J connectivity index is 1.55. The van der Waals surface area contributed by atoms with Crippen molar-refractivity contribution in [3.05, 3.63) is 29.8 Å². The van der Waals surface area contributed by atoms with E-state index in [9.17, 15) is 14.7 Å². The molecule has 2 fully saturated rings. The lowest BCUT2D eigenvalue weighted by Crippen LogP contribution is -2.49. The summed E-state index contributed by atoms with van der Waals surface area (Å²) in [6, 6.07) is 6.29. The van der Waals surface area contributed by atoms with E-state index in [-0.39, 0.29) is 18.6 Å². The molecule has 1 aromatic carbocycles. The molecular formula is C22H33N3O4. The molecule has 2 unspecified atom stereocenters. The van der Waals surface area contributed by atoms with Crippen LogP contribution in [0.1, 0.15) is 55.3 Å². The van der Waals surface area contributed by atoms with Crippen LogP contribution in [-0.4, -0.2) is 60.2 Å². The quantitative estimate of drug-likeness (QED) is 0.643. The fraction of sp³-hybridized carbons (Fsp3) is 0.636. The average molecular weight is 404 g/mol. The zero-order chi connectivity index (χ0) is 20.6. The molecular weight excluding hydrogens is 370 g/mol. The third-order valence-electron chi connectivity index (χ3n) is 5.95. The Bertz CT molecular complexity index is 673. The van der Waals surface area contributed by atoms with Crippen molar-refractivity contribution in [2.24, 2.45) is 11.7 Å². The van der Waals surface area contributed by atoms with Gasteiger partial charge < -0.3 is 25.8 Å². The Morgan fingerprint density at radius 1 is 1.10 bits per heavy atom. The number of aliphatic hydroxyl groups excluding tert-OH is 1. The van der Waals surface area contributed by atoms with Crippen LogP contribution in [0.2, 0.25) is 0 Å². The summed E-state index contributed by atoms with van der Waals surface area (Å²) in [5.74, 6) is 0.457. The number of nitrogens with two attached hydrogens (primary N) is 1. The molecule has 1 aliphatic heterocycles. The minimum atomic E-state index is -0.549. The molecule has 7 heteroatoms. The van der Waals surface area contributed by atoms with Gasteiger partial charge in [-0.1, -0.05) is 19.3 Å². The number of aliphatic hydroxyl groups is 1. The van der Waals surface area contributed by atoms with Gasteiger partial charge in [-0.05, 0) is 62.4 Å². The number of carbonyl (C=O) groups is 2. The zero-order valence-corrected chi connectivity index (χ0v) is 17.0. The first-order valence-corrected chi connectivity index (χ1v) is 10.7. The number of hydrogen-bond donors (Lipinski definition) is 3. The van der Waals surface area contributed by atoms with Gasteiger partial charge in [-0.25, -0.2) is 0 Å². The van der Waals surface area contributed by atoms with E-state index in [1.165, 1.54) is 32.1 Å². The minimum absolute atomic E-state index is 0.198. The van der Waals surface area contributed by atoms with Crippen LogP contribution in [0, 0.1) is 5.92 Å². The minimum Gasteiger partial charge on any atom is -0.484 e. The fourth-order valence-corrected chi connectivity index (χ4v) is 4.37. The molecule has 3 rings (SSSR count). The third-order valence-corrected chi connectivity index (χ3v) is 5.95. The van der Waals surface area contributed by atoms with Gasteiger partial charge in [-0.2, -0.15) is 0 Å². The number of amides is 2. The molecule has 29 heavy (non-hydrogen) atoms. The van der Waals surface area contributed by atoms with Crippen molar-refractivity contribution < 1.29 is 19.4 Å². The van der Waals surface area contributed by atoms with Crippen LogP contribution in [0.25, 0.3) is 0 Å². The first kappa shape index (κ1) is 21.6. The normalized spacial score (nSPS) is 23.9. The Labute approximate surface area is 172 Å². The first-order valence-electron chi connectivity index (χ1n) is 10.7. The van der Waals surface area contributed by atoms with Gasteiger partial charge in [0.1, 0.15) is 5.75 Å². The van der Waals surface area contributed by atoms with Gasteiger partial charge >= 0.3 is 0 Å². The first-order chi connectivity index (χ1) is 14.0. The summed E-state index contributed by atoms with van der Waals surface area (Å²) in [5.41, 5.74) is 5.56. The van der Waals surface area contributed by atoms with Gasteiger partial charge in [0.15, 0.2) is 6.61 Å². The molecule has 1 saturated heterocycles. The average Bonchev–Trinajstić information content (AvgIpc) is 2.88. The molecule has 0 bridgehead atoms. The number of carbonyl (C=O) groups excluding carboxylic acids is 2. The van der Waals surface area contributed by atoms with Crippen LogP contribution in [0.3, 0.4) is 0 Å². The van der Waals surface area contributed by atoms with E-state index in [4.69, 9.17) is 10.5 Å². The van der Waals surface area contributed by atoms with Gasteiger partial charge in [-0.15, -0.1) is 0 Å². The van der Waals surface area contributed by atoms with Gasteiger partial charge in [0.25, 0.3) is 11.8 Å². The lowest BCUT2D eigenvalue weighted by Gasteiger charge is -2.31. The number of nitrogens with one attached hydrogen (secondary N) is 1. The van der Waals surface area contributed by atoms with Crippen LogP contribution in [0.4, 0.5) is 0 Å². The van der Waals surface area contributed by atoms with Gasteiger partial charge in [-0.3, -0.25) is 9.59 Å². The largest absolute Gasteiger partial charge is 0.484 e. The highest BCUT2D eigenvalue weighted by atomic mass is 16.5. The highest BCUT2D eigenvalue weighted by Crippen LogP contribution is 2.25. The summed E-state index contributed by atoms with van der Waals surface area (Å²) < 4.78 is 5.22. The van der Waals surface area contributed by atoms with Crippen LogP contribution >= 0.6 is 0 Å². The van der Waals surface area contributed by atoms with Gasteiger partial charge in [0.2, 0.25) is 0 Å². The van der Waals surface area contributed by atoms with E-state index in [0.717, 1.165) is 25.4 Å². The topological polar surface area (TPSA) is 105 Å². The summed E-state index contributed by atoms with van der Waals surface area (Å²) >= 11 is 0. The Morgan fingerprint density at radius 2 is 1.83 bits per heavy atom. The smallest absolute Gasteiger partial charge is 0.255 e. The highest BCUT2D eigenvalue weighted by Gasteiger charge is 2.28. The Hall–Kier alpha value is -2.12. The molecule has 160 valence electrons. The molecule has 0 radical (unpaired) electrons. The predicted octanol–water partition coefficient (Wildman–Crippen LogP) is 1.69. The second-order valence-electron chi connectivity index (χ2n) is 8.33. The van der Waals surface area contributed by atoms with E-state index in [1.807, 2.05) is 0 Å². The lowest BCUT2D eigenvalue weighted by molar-refractivity contribution is -0.119. The maximum Gasteiger partial charge on any atom is 0.255 e. The Kier molecular flexibility index (Phi) is 7.89. The molecule has 2 aliphatic rings. The summed E-state index contributed by atoms with van der Waals surface area (Å²) in [6.45, 7) is 2.52. The van der Waals surface area contributed by atoms with E-state index in [1.54, 1.807) is 24.3 Å². The summed E-state index contributed by atoms with van der Waals surface area (Å²) in [4.78, 5) is 25.9. The number of primary amides is 1. The maximum atomic E-state index is 12.7. The molecule has 0 spiro atoms. The number of rotatable bonds is 7. The van der Waals surface area contributed by atoms with Crippen LogP contribution in [0.15, 0.2) is 24.3 Å². The molecule has 1 aliphatic carbocycles. The molecule has 2 amide bonds. The van der Waals surface area contributed by atoms with Crippen molar-refractivity contribution >= 4 is 11.8 Å².